The van der Waals surface area contributed by atoms with Gasteiger partial charge in [0.25, 0.3) is 0 Å². The Balaban J connectivity index is 1.81. The highest BCUT2D eigenvalue weighted by molar-refractivity contribution is 5.22. The molecule has 0 unspecified atom stereocenters. The second kappa shape index (κ2) is 12.1. The molecule has 0 amide bonds. The van der Waals surface area contributed by atoms with Crippen LogP contribution in [0.1, 0.15) is 115 Å². The number of aryl methyl sites for hydroxylation is 1. The van der Waals surface area contributed by atoms with E-state index in [4.69, 9.17) is 0 Å². The quantitative estimate of drug-likeness (QED) is 0.376. The van der Waals surface area contributed by atoms with Crippen LogP contribution in [0.3, 0.4) is 0 Å². The van der Waals surface area contributed by atoms with Crippen LogP contribution in [-0.4, -0.2) is 9.97 Å². The molecule has 3 heteroatoms. The summed E-state index contributed by atoms with van der Waals surface area (Å²) in [5, 5.41) is 9.89. The van der Waals surface area contributed by atoms with Crippen LogP contribution in [0.5, 0.6) is 0 Å². The minimum Gasteiger partial charge on any atom is -0.239 e. The molecule has 1 fully saturated rings. The fourth-order valence-corrected chi connectivity index (χ4v) is 4.37. The first-order valence-electron chi connectivity index (χ1n) is 11.5. The Labute approximate surface area is 167 Å². The Morgan fingerprint density at radius 2 is 1.52 bits per heavy atom. The number of nitrogens with zero attached hydrogens (tertiary/aromatic N) is 3. The summed E-state index contributed by atoms with van der Waals surface area (Å²) < 4.78 is 0. The molecule has 150 valence electrons. The van der Waals surface area contributed by atoms with E-state index in [1.807, 2.05) is 12.4 Å². The van der Waals surface area contributed by atoms with Gasteiger partial charge in [-0.2, -0.15) is 5.26 Å². The number of rotatable bonds is 12. The van der Waals surface area contributed by atoms with Crippen molar-refractivity contribution >= 4 is 0 Å². The Kier molecular flexibility index (Phi) is 9.81. The molecule has 0 saturated heterocycles. The third-order valence-corrected chi connectivity index (χ3v) is 6.34. The van der Waals surface area contributed by atoms with Gasteiger partial charge in [-0.15, -0.1) is 0 Å². The predicted octanol–water partition coefficient (Wildman–Crippen LogP) is 6.91. The molecule has 27 heavy (non-hydrogen) atoms. The zero-order valence-corrected chi connectivity index (χ0v) is 17.7. The fraction of sp³-hybridized carbons (Fsp3) is 0.792. The van der Waals surface area contributed by atoms with Crippen molar-refractivity contribution in [2.45, 2.75) is 116 Å². The standard InChI is InChI=1S/C24H39N3/c1-3-5-7-9-11-12-21-14-16-24(20-25,17-15-21)23-26-18-22(19-27-23)13-10-8-6-4-2/h18-19,21H,3-17H2,1-2H3/t21-,24+. The monoisotopic (exact) mass is 369 g/mol. The maximum absolute atomic E-state index is 9.89. The first kappa shape index (κ1) is 21.9. The van der Waals surface area contributed by atoms with Crippen LogP contribution in [-0.2, 0) is 11.8 Å². The number of hydrogen-bond acceptors (Lipinski definition) is 3. The van der Waals surface area contributed by atoms with Gasteiger partial charge in [-0.1, -0.05) is 71.6 Å². The lowest BCUT2D eigenvalue weighted by atomic mass is 9.69. The van der Waals surface area contributed by atoms with Crippen molar-refractivity contribution in [3.05, 3.63) is 23.8 Å². The molecular formula is C24H39N3. The molecule has 1 aromatic heterocycles. The molecule has 0 bridgehead atoms. The molecule has 0 N–H and O–H groups in total. The van der Waals surface area contributed by atoms with Crippen LogP contribution >= 0.6 is 0 Å². The number of hydrogen-bond donors (Lipinski definition) is 0. The molecule has 1 aliphatic carbocycles. The molecule has 0 aliphatic heterocycles. The highest BCUT2D eigenvalue weighted by Gasteiger charge is 2.39. The number of nitriles is 1. The zero-order chi connectivity index (χ0) is 19.4. The third kappa shape index (κ3) is 6.91. The number of unbranched alkanes of at least 4 members (excludes halogenated alkanes) is 7. The van der Waals surface area contributed by atoms with Crippen LogP contribution < -0.4 is 0 Å². The van der Waals surface area contributed by atoms with E-state index >= 15 is 0 Å². The zero-order valence-electron chi connectivity index (χ0n) is 17.7. The summed E-state index contributed by atoms with van der Waals surface area (Å²) in [7, 11) is 0. The lowest BCUT2D eigenvalue weighted by Gasteiger charge is -2.33. The van der Waals surface area contributed by atoms with Gasteiger partial charge in [0.2, 0.25) is 0 Å². The Hall–Kier alpha value is -1.43. The summed E-state index contributed by atoms with van der Waals surface area (Å²) in [5.74, 6) is 1.56. The van der Waals surface area contributed by atoms with Crippen LogP contribution in [0.25, 0.3) is 0 Å². The minimum absolute atomic E-state index is 0.445. The first-order valence-corrected chi connectivity index (χ1v) is 11.5. The summed E-state index contributed by atoms with van der Waals surface area (Å²) in [6.07, 6.45) is 22.3. The van der Waals surface area contributed by atoms with Crippen molar-refractivity contribution in [3.63, 3.8) is 0 Å². The van der Waals surface area contributed by atoms with Crippen molar-refractivity contribution < 1.29 is 0 Å². The molecule has 2 rings (SSSR count). The van der Waals surface area contributed by atoms with Crippen LogP contribution in [0, 0.1) is 17.2 Å². The smallest absolute Gasteiger partial charge is 0.148 e. The van der Waals surface area contributed by atoms with Gasteiger partial charge >= 0.3 is 0 Å². The summed E-state index contributed by atoms with van der Waals surface area (Å²) >= 11 is 0. The second-order valence-electron chi connectivity index (χ2n) is 8.57. The lowest BCUT2D eigenvalue weighted by Crippen LogP contribution is -2.32. The molecule has 1 heterocycles. The van der Waals surface area contributed by atoms with E-state index in [1.165, 1.54) is 69.8 Å². The van der Waals surface area contributed by atoms with E-state index in [-0.39, 0.29) is 0 Å². The first-order chi connectivity index (χ1) is 13.2. The molecule has 0 atom stereocenters. The van der Waals surface area contributed by atoms with Gasteiger partial charge in [0.15, 0.2) is 0 Å². The van der Waals surface area contributed by atoms with Gasteiger partial charge < -0.3 is 0 Å². The maximum Gasteiger partial charge on any atom is 0.148 e. The van der Waals surface area contributed by atoms with E-state index in [9.17, 15) is 5.26 Å². The molecule has 1 saturated carbocycles. The molecule has 0 spiro atoms. The molecule has 0 aromatic carbocycles. The summed E-state index contributed by atoms with van der Waals surface area (Å²) in [6.45, 7) is 4.50. The van der Waals surface area contributed by atoms with Crippen molar-refractivity contribution in [1.82, 2.24) is 9.97 Å². The average molecular weight is 370 g/mol. The summed E-state index contributed by atoms with van der Waals surface area (Å²) in [6, 6.07) is 2.59. The molecule has 1 aromatic rings. The van der Waals surface area contributed by atoms with Gasteiger partial charge in [0.1, 0.15) is 11.2 Å². The van der Waals surface area contributed by atoms with E-state index in [0.717, 1.165) is 43.8 Å². The van der Waals surface area contributed by atoms with Crippen LogP contribution in [0.15, 0.2) is 12.4 Å². The molecule has 1 aliphatic rings. The van der Waals surface area contributed by atoms with Gasteiger partial charge in [0.05, 0.1) is 6.07 Å². The highest BCUT2D eigenvalue weighted by Crippen LogP contribution is 2.41. The van der Waals surface area contributed by atoms with Gasteiger partial charge in [-0.25, -0.2) is 9.97 Å². The SMILES string of the molecule is CCCCCCC[C@H]1CC[C@@](C#N)(c2ncc(CCCCCC)cn2)CC1. The lowest BCUT2D eigenvalue weighted by molar-refractivity contribution is 0.253. The maximum atomic E-state index is 9.89. The van der Waals surface area contributed by atoms with Crippen molar-refractivity contribution in [2.24, 2.45) is 5.92 Å². The third-order valence-electron chi connectivity index (χ3n) is 6.34. The van der Waals surface area contributed by atoms with Gasteiger partial charge in [-0.3, -0.25) is 0 Å². The Morgan fingerprint density at radius 1 is 0.926 bits per heavy atom. The highest BCUT2D eigenvalue weighted by atomic mass is 14.9. The second-order valence-corrected chi connectivity index (χ2v) is 8.57. The fourth-order valence-electron chi connectivity index (χ4n) is 4.37. The molecule has 0 radical (unpaired) electrons. The van der Waals surface area contributed by atoms with Crippen LogP contribution in [0.2, 0.25) is 0 Å². The van der Waals surface area contributed by atoms with Gasteiger partial charge in [-0.05, 0) is 50.0 Å². The van der Waals surface area contributed by atoms with E-state index in [0.29, 0.717) is 0 Å². The van der Waals surface area contributed by atoms with Crippen LogP contribution in [0.4, 0.5) is 0 Å². The van der Waals surface area contributed by atoms with Gasteiger partial charge in [0, 0.05) is 12.4 Å². The predicted molar refractivity (Wildman–Crippen MR) is 113 cm³/mol. The van der Waals surface area contributed by atoms with Crippen molar-refractivity contribution in [1.29, 1.82) is 5.26 Å². The summed E-state index contributed by atoms with van der Waals surface area (Å²) in [5.41, 5.74) is 0.767. The Morgan fingerprint density at radius 3 is 2.11 bits per heavy atom. The number of aromatic nitrogens is 2. The molecule has 3 nitrogen and oxygen atoms in total. The van der Waals surface area contributed by atoms with E-state index < -0.39 is 5.41 Å². The van der Waals surface area contributed by atoms with Crippen molar-refractivity contribution in [3.8, 4) is 6.07 Å². The summed E-state index contributed by atoms with van der Waals surface area (Å²) in [4.78, 5) is 9.26. The van der Waals surface area contributed by atoms with E-state index in [1.54, 1.807) is 0 Å². The Bertz CT molecular complexity index is 550. The molecular weight excluding hydrogens is 330 g/mol. The minimum atomic E-state index is -0.445. The topological polar surface area (TPSA) is 49.6 Å². The van der Waals surface area contributed by atoms with E-state index in [2.05, 4.69) is 29.9 Å². The average Bonchev–Trinajstić information content (AvgIpc) is 2.72. The normalized spacial score (nSPS) is 22.5. The van der Waals surface area contributed by atoms with Crippen molar-refractivity contribution in [2.75, 3.05) is 0 Å². The largest absolute Gasteiger partial charge is 0.239 e.